The first kappa shape index (κ1) is 12.6. The van der Waals surface area contributed by atoms with Crippen LogP contribution < -0.4 is 4.74 Å². The third-order valence-electron chi connectivity index (χ3n) is 3.26. The van der Waals surface area contributed by atoms with Crippen LogP contribution in [0.15, 0.2) is 24.3 Å². The summed E-state index contributed by atoms with van der Waals surface area (Å²) in [7, 11) is 0. The van der Waals surface area contributed by atoms with Gasteiger partial charge < -0.3 is 9.84 Å². The first-order valence-corrected chi connectivity index (χ1v) is 6.46. The van der Waals surface area contributed by atoms with Gasteiger partial charge in [0.2, 0.25) is 0 Å². The van der Waals surface area contributed by atoms with Crippen LogP contribution in [0.3, 0.4) is 0 Å². The van der Waals surface area contributed by atoms with E-state index in [-0.39, 0.29) is 12.5 Å². The molecule has 7 heteroatoms. The number of carboxylic acids is 1. The molecular weight excluding hydrogens is 260 g/mol. The molecule has 0 aliphatic carbocycles. The zero-order valence-corrected chi connectivity index (χ0v) is 10.8. The zero-order valence-electron chi connectivity index (χ0n) is 10.8. The van der Waals surface area contributed by atoms with Gasteiger partial charge in [0.05, 0.1) is 0 Å². The second kappa shape index (κ2) is 5.28. The highest BCUT2D eigenvalue weighted by molar-refractivity contribution is 5.66. The molecule has 7 nitrogen and oxygen atoms in total. The number of hydrogen-bond donors (Lipinski definition) is 1. The van der Waals surface area contributed by atoms with Crippen molar-refractivity contribution in [3.63, 3.8) is 0 Å². The molecule has 2 heterocycles. The molecule has 0 fully saturated rings. The van der Waals surface area contributed by atoms with Gasteiger partial charge in [-0.1, -0.05) is 18.2 Å². The molecule has 0 saturated carbocycles. The minimum atomic E-state index is -0.816. The lowest BCUT2D eigenvalue weighted by Crippen LogP contribution is -2.14. The summed E-state index contributed by atoms with van der Waals surface area (Å²) in [6.07, 6.45) is 1.13. The molecule has 0 saturated heterocycles. The Labute approximate surface area is 115 Å². The van der Waals surface area contributed by atoms with Gasteiger partial charge in [-0.15, -0.1) is 5.10 Å². The van der Waals surface area contributed by atoms with E-state index in [1.54, 1.807) is 4.68 Å². The van der Waals surface area contributed by atoms with Crippen molar-refractivity contribution in [1.82, 2.24) is 20.2 Å². The number of aryl methyl sites for hydroxylation is 1. The number of ether oxygens (including phenoxy) is 1. The molecule has 1 aromatic heterocycles. The maximum absolute atomic E-state index is 10.5. The number of aromatic nitrogens is 4. The second-order valence-corrected chi connectivity index (χ2v) is 4.68. The number of hydrogen-bond acceptors (Lipinski definition) is 5. The van der Waals surface area contributed by atoms with Crippen molar-refractivity contribution in [2.45, 2.75) is 31.9 Å². The summed E-state index contributed by atoms with van der Waals surface area (Å²) in [5.74, 6) is 0.688. The largest absolute Gasteiger partial charge is 0.482 e. The summed E-state index contributed by atoms with van der Waals surface area (Å²) in [6, 6.07) is 7.85. The predicted octanol–water partition coefficient (Wildman–Crippen LogP) is 1.21. The van der Waals surface area contributed by atoms with Crippen molar-refractivity contribution >= 4 is 5.97 Å². The monoisotopic (exact) mass is 274 g/mol. The molecule has 1 aliphatic rings. The van der Waals surface area contributed by atoms with Crippen LogP contribution in [0, 0.1) is 0 Å². The number of nitrogens with zero attached hydrogens (tertiary/aromatic N) is 4. The fourth-order valence-electron chi connectivity index (χ4n) is 2.31. The Morgan fingerprint density at radius 1 is 1.45 bits per heavy atom. The van der Waals surface area contributed by atoms with E-state index in [1.807, 2.05) is 24.3 Å². The molecule has 0 radical (unpaired) electrons. The van der Waals surface area contributed by atoms with Crippen LogP contribution in [0.2, 0.25) is 0 Å². The van der Waals surface area contributed by atoms with E-state index >= 15 is 0 Å². The fourth-order valence-corrected chi connectivity index (χ4v) is 2.31. The molecule has 0 amide bonds. The van der Waals surface area contributed by atoms with Crippen molar-refractivity contribution in [3.8, 4) is 5.75 Å². The number of benzene rings is 1. The normalized spacial score (nSPS) is 16.7. The van der Waals surface area contributed by atoms with Gasteiger partial charge in [0, 0.05) is 19.4 Å². The van der Waals surface area contributed by atoms with E-state index in [0.29, 0.717) is 18.8 Å². The highest BCUT2D eigenvalue weighted by Gasteiger charge is 2.28. The summed E-state index contributed by atoms with van der Waals surface area (Å²) in [5.41, 5.74) is 1.14. The van der Waals surface area contributed by atoms with E-state index < -0.39 is 5.97 Å². The van der Waals surface area contributed by atoms with Crippen LogP contribution in [0.5, 0.6) is 5.75 Å². The number of tetrazole rings is 1. The summed E-state index contributed by atoms with van der Waals surface area (Å²) in [5, 5.41) is 20.2. The Balaban J connectivity index is 1.70. The van der Waals surface area contributed by atoms with E-state index in [9.17, 15) is 4.79 Å². The number of carbonyl (C=O) groups is 1. The Bertz CT molecular complexity index is 601. The topological polar surface area (TPSA) is 90.1 Å². The first-order valence-electron chi connectivity index (χ1n) is 6.46. The van der Waals surface area contributed by atoms with Crippen LogP contribution in [-0.2, 0) is 17.8 Å². The number of fused-ring (bicyclic) bond motifs is 1. The van der Waals surface area contributed by atoms with E-state index in [4.69, 9.17) is 9.84 Å². The average molecular weight is 274 g/mol. The van der Waals surface area contributed by atoms with Crippen molar-refractivity contribution in [2.24, 2.45) is 0 Å². The van der Waals surface area contributed by atoms with Crippen LogP contribution in [-0.4, -0.2) is 31.3 Å². The lowest BCUT2D eigenvalue weighted by Gasteiger charge is -2.10. The highest BCUT2D eigenvalue weighted by Crippen LogP contribution is 2.35. The third kappa shape index (κ3) is 2.47. The Kier molecular flexibility index (Phi) is 3.32. The van der Waals surface area contributed by atoms with Gasteiger partial charge in [0.25, 0.3) is 0 Å². The Morgan fingerprint density at radius 3 is 3.10 bits per heavy atom. The van der Waals surface area contributed by atoms with Gasteiger partial charge in [-0.3, -0.25) is 4.79 Å². The van der Waals surface area contributed by atoms with E-state index in [1.165, 1.54) is 0 Å². The SMILES string of the molecule is O=C(O)CCCn1nnnc1C1Cc2ccccc2O1. The molecule has 3 rings (SSSR count). The van der Waals surface area contributed by atoms with Crippen molar-refractivity contribution in [1.29, 1.82) is 0 Å². The van der Waals surface area contributed by atoms with Crippen LogP contribution in [0.4, 0.5) is 0 Å². The fraction of sp³-hybridized carbons (Fsp3) is 0.385. The maximum atomic E-state index is 10.5. The van der Waals surface area contributed by atoms with Gasteiger partial charge in [-0.05, 0) is 28.5 Å². The Hall–Kier alpha value is -2.44. The van der Waals surface area contributed by atoms with E-state index in [2.05, 4.69) is 15.5 Å². The number of rotatable bonds is 5. The molecule has 1 aliphatic heterocycles. The zero-order chi connectivity index (χ0) is 13.9. The lowest BCUT2D eigenvalue weighted by molar-refractivity contribution is -0.137. The molecule has 2 aromatic rings. The predicted molar refractivity (Wildman–Crippen MR) is 68.2 cm³/mol. The van der Waals surface area contributed by atoms with Crippen molar-refractivity contribution in [3.05, 3.63) is 35.7 Å². The van der Waals surface area contributed by atoms with E-state index in [0.717, 1.165) is 17.7 Å². The van der Waals surface area contributed by atoms with Gasteiger partial charge >= 0.3 is 5.97 Å². The van der Waals surface area contributed by atoms with Crippen LogP contribution in [0.25, 0.3) is 0 Å². The molecule has 0 spiro atoms. The molecule has 1 atom stereocenters. The third-order valence-corrected chi connectivity index (χ3v) is 3.26. The summed E-state index contributed by atoms with van der Waals surface area (Å²) >= 11 is 0. The first-order chi connectivity index (χ1) is 9.74. The highest BCUT2D eigenvalue weighted by atomic mass is 16.5. The van der Waals surface area contributed by atoms with Crippen LogP contribution in [0.1, 0.15) is 30.3 Å². The quantitative estimate of drug-likeness (QED) is 0.881. The molecular formula is C13H14N4O3. The minimum Gasteiger partial charge on any atom is -0.482 e. The van der Waals surface area contributed by atoms with Crippen molar-refractivity contribution < 1.29 is 14.6 Å². The Morgan fingerprint density at radius 2 is 2.30 bits per heavy atom. The van der Waals surface area contributed by atoms with Crippen molar-refractivity contribution in [2.75, 3.05) is 0 Å². The summed E-state index contributed by atoms with van der Waals surface area (Å²) in [4.78, 5) is 10.5. The molecule has 1 aromatic carbocycles. The lowest BCUT2D eigenvalue weighted by atomic mass is 10.1. The molecule has 20 heavy (non-hydrogen) atoms. The summed E-state index contributed by atoms with van der Waals surface area (Å²) in [6.45, 7) is 0.477. The minimum absolute atomic E-state index is 0.102. The number of carboxylic acid groups (broad SMARTS) is 1. The standard InChI is InChI=1S/C13H14N4O3/c18-12(19)6-3-7-17-13(14-15-16-17)11-8-9-4-1-2-5-10(9)20-11/h1-2,4-5,11H,3,6-8H2,(H,18,19). The smallest absolute Gasteiger partial charge is 0.303 e. The average Bonchev–Trinajstić information content (AvgIpc) is 3.03. The molecule has 0 bridgehead atoms. The van der Waals surface area contributed by atoms with Gasteiger partial charge in [0.1, 0.15) is 5.75 Å². The molecule has 104 valence electrons. The maximum Gasteiger partial charge on any atom is 0.303 e. The van der Waals surface area contributed by atoms with Gasteiger partial charge in [-0.25, -0.2) is 4.68 Å². The number of para-hydroxylation sites is 1. The number of aliphatic carboxylic acids is 1. The summed E-state index contributed by atoms with van der Waals surface area (Å²) < 4.78 is 7.46. The van der Waals surface area contributed by atoms with Gasteiger partial charge in [-0.2, -0.15) is 0 Å². The van der Waals surface area contributed by atoms with Gasteiger partial charge in [0.15, 0.2) is 11.9 Å². The molecule has 1 unspecified atom stereocenters. The second-order valence-electron chi connectivity index (χ2n) is 4.68. The van der Waals surface area contributed by atoms with Crippen LogP contribution >= 0.6 is 0 Å². The molecule has 1 N–H and O–H groups in total.